The molecule has 2 rings (SSSR count). The SMILES string of the molecule is CCCNc1ncc(C)c(NCCc2noc(C)n2)n1. The normalized spacial score (nSPS) is 10.6. The maximum absolute atomic E-state index is 4.93. The summed E-state index contributed by atoms with van der Waals surface area (Å²) in [4.78, 5) is 12.9. The molecule has 0 unspecified atom stereocenters. The lowest BCUT2D eigenvalue weighted by atomic mass is 10.3. The van der Waals surface area contributed by atoms with E-state index in [1.807, 2.05) is 13.1 Å². The van der Waals surface area contributed by atoms with Gasteiger partial charge in [0.25, 0.3) is 0 Å². The zero-order valence-electron chi connectivity index (χ0n) is 12.1. The molecule has 0 saturated heterocycles. The molecule has 0 radical (unpaired) electrons. The molecule has 0 aliphatic heterocycles. The lowest BCUT2D eigenvalue weighted by Gasteiger charge is -2.09. The van der Waals surface area contributed by atoms with Gasteiger partial charge in [0.2, 0.25) is 11.8 Å². The standard InChI is InChI=1S/C13H20N6O/c1-4-6-15-13-16-8-9(2)12(18-13)14-7-5-11-17-10(3)20-19-11/h8H,4-7H2,1-3H3,(H2,14,15,16,18). The van der Waals surface area contributed by atoms with E-state index in [1.54, 1.807) is 6.92 Å². The summed E-state index contributed by atoms with van der Waals surface area (Å²) in [6, 6.07) is 0. The molecule has 0 aliphatic carbocycles. The maximum atomic E-state index is 4.93. The van der Waals surface area contributed by atoms with Gasteiger partial charge in [-0.3, -0.25) is 0 Å². The van der Waals surface area contributed by atoms with Gasteiger partial charge in [-0.1, -0.05) is 12.1 Å². The van der Waals surface area contributed by atoms with Crippen LogP contribution in [-0.2, 0) is 6.42 Å². The number of rotatable bonds is 7. The van der Waals surface area contributed by atoms with Gasteiger partial charge in [-0.05, 0) is 13.3 Å². The van der Waals surface area contributed by atoms with Crippen LogP contribution < -0.4 is 10.6 Å². The molecule has 0 aliphatic rings. The Balaban J connectivity index is 1.90. The van der Waals surface area contributed by atoms with E-state index in [0.717, 1.165) is 24.3 Å². The maximum Gasteiger partial charge on any atom is 0.224 e. The van der Waals surface area contributed by atoms with Crippen molar-refractivity contribution < 1.29 is 4.52 Å². The van der Waals surface area contributed by atoms with Crippen molar-refractivity contribution in [2.24, 2.45) is 0 Å². The largest absolute Gasteiger partial charge is 0.369 e. The second-order valence-electron chi connectivity index (χ2n) is 4.56. The van der Waals surface area contributed by atoms with Crippen LogP contribution in [0.3, 0.4) is 0 Å². The van der Waals surface area contributed by atoms with E-state index in [2.05, 4.69) is 37.7 Å². The first-order valence-electron chi connectivity index (χ1n) is 6.79. The molecule has 2 aromatic rings. The van der Waals surface area contributed by atoms with Crippen LogP contribution in [0.2, 0.25) is 0 Å². The van der Waals surface area contributed by atoms with Crippen LogP contribution >= 0.6 is 0 Å². The highest BCUT2D eigenvalue weighted by molar-refractivity contribution is 5.46. The van der Waals surface area contributed by atoms with Crippen LogP contribution in [0.5, 0.6) is 0 Å². The molecule has 2 aromatic heterocycles. The first-order chi connectivity index (χ1) is 9.69. The smallest absolute Gasteiger partial charge is 0.224 e. The molecule has 108 valence electrons. The monoisotopic (exact) mass is 276 g/mol. The first kappa shape index (κ1) is 14.2. The Kier molecular flexibility index (Phi) is 4.86. The highest BCUT2D eigenvalue weighted by Crippen LogP contribution is 2.12. The number of hydrogen-bond acceptors (Lipinski definition) is 7. The molecule has 2 N–H and O–H groups in total. The topological polar surface area (TPSA) is 88.8 Å². The summed E-state index contributed by atoms with van der Waals surface area (Å²) in [5.74, 6) is 2.77. The van der Waals surface area contributed by atoms with E-state index < -0.39 is 0 Å². The number of hydrogen-bond donors (Lipinski definition) is 2. The van der Waals surface area contributed by atoms with Gasteiger partial charge in [0, 0.05) is 38.2 Å². The number of nitrogens with zero attached hydrogens (tertiary/aromatic N) is 4. The van der Waals surface area contributed by atoms with Gasteiger partial charge in [0.15, 0.2) is 5.82 Å². The summed E-state index contributed by atoms with van der Waals surface area (Å²) in [5, 5.41) is 10.3. The van der Waals surface area contributed by atoms with Crippen molar-refractivity contribution in [1.29, 1.82) is 0 Å². The minimum absolute atomic E-state index is 0.587. The summed E-state index contributed by atoms with van der Waals surface area (Å²) < 4.78 is 4.93. The van der Waals surface area contributed by atoms with Gasteiger partial charge in [-0.2, -0.15) is 9.97 Å². The lowest BCUT2D eigenvalue weighted by Crippen LogP contribution is -2.11. The van der Waals surface area contributed by atoms with Crippen molar-refractivity contribution in [3.05, 3.63) is 23.5 Å². The fourth-order valence-corrected chi connectivity index (χ4v) is 1.68. The Morgan fingerprint density at radius 1 is 1.15 bits per heavy atom. The van der Waals surface area contributed by atoms with Crippen LogP contribution in [-0.4, -0.2) is 33.2 Å². The molecule has 0 spiro atoms. The Morgan fingerprint density at radius 3 is 2.70 bits per heavy atom. The Bertz CT molecular complexity index is 554. The third-order valence-electron chi connectivity index (χ3n) is 2.72. The molecule has 0 aromatic carbocycles. The number of aromatic nitrogens is 4. The summed E-state index contributed by atoms with van der Waals surface area (Å²) in [6.45, 7) is 7.43. The third kappa shape index (κ3) is 3.91. The Morgan fingerprint density at radius 2 is 2.00 bits per heavy atom. The molecule has 0 amide bonds. The summed E-state index contributed by atoms with van der Waals surface area (Å²) in [7, 11) is 0. The van der Waals surface area contributed by atoms with Crippen molar-refractivity contribution in [3.63, 3.8) is 0 Å². The second kappa shape index (κ2) is 6.83. The molecule has 0 bridgehead atoms. The highest BCUT2D eigenvalue weighted by atomic mass is 16.5. The summed E-state index contributed by atoms with van der Waals surface area (Å²) in [6.07, 6.45) is 3.54. The molecule has 0 saturated carbocycles. The van der Waals surface area contributed by atoms with Crippen molar-refractivity contribution in [3.8, 4) is 0 Å². The zero-order chi connectivity index (χ0) is 14.4. The number of anilines is 2. The molecule has 0 atom stereocenters. The molecular weight excluding hydrogens is 256 g/mol. The minimum Gasteiger partial charge on any atom is -0.369 e. The number of nitrogens with one attached hydrogen (secondary N) is 2. The van der Waals surface area contributed by atoms with Crippen LogP contribution in [0.4, 0.5) is 11.8 Å². The number of aryl methyl sites for hydroxylation is 2. The predicted octanol–water partition coefficient (Wildman–Crippen LogP) is 1.95. The van der Waals surface area contributed by atoms with Crippen LogP contribution in [0.1, 0.15) is 30.6 Å². The van der Waals surface area contributed by atoms with Crippen LogP contribution in [0, 0.1) is 13.8 Å². The van der Waals surface area contributed by atoms with Gasteiger partial charge in [-0.15, -0.1) is 0 Å². The van der Waals surface area contributed by atoms with Gasteiger partial charge in [-0.25, -0.2) is 4.98 Å². The van der Waals surface area contributed by atoms with E-state index in [1.165, 1.54) is 0 Å². The van der Waals surface area contributed by atoms with Crippen molar-refractivity contribution >= 4 is 11.8 Å². The fourth-order valence-electron chi connectivity index (χ4n) is 1.68. The molecule has 2 heterocycles. The summed E-state index contributed by atoms with van der Waals surface area (Å²) in [5.41, 5.74) is 1.01. The molecule has 7 nitrogen and oxygen atoms in total. The van der Waals surface area contributed by atoms with Crippen molar-refractivity contribution in [2.45, 2.75) is 33.6 Å². The van der Waals surface area contributed by atoms with E-state index >= 15 is 0 Å². The molecular formula is C13H20N6O. The lowest BCUT2D eigenvalue weighted by molar-refractivity contribution is 0.387. The minimum atomic E-state index is 0.587. The third-order valence-corrected chi connectivity index (χ3v) is 2.72. The fraction of sp³-hybridized carbons (Fsp3) is 0.538. The quantitative estimate of drug-likeness (QED) is 0.799. The van der Waals surface area contributed by atoms with Gasteiger partial charge in [0.1, 0.15) is 5.82 Å². The summed E-state index contributed by atoms with van der Waals surface area (Å²) >= 11 is 0. The van der Waals surface area contributed by atoms with E-state index in [0.29, 0.717) is 30.6 Å². The Labute approximate surface area is 118 Å². The highest BCUT2D eigenvalue weighted by Gasteiger charge is 2.05. The van der Waals surface area contributed by atoms with Crippen LogP contribution in [0.15, 0.2) is 10.7 Å². The molecule has 20 heavy (non-hydrogen) atoms. The average Bonchev–Trinajstić information content (AvgIpc) is 2.85. The van der Waals surface area contributed by atoms with Crippen LogP contribution in [0.25, 0.3) is 0 Å². The zero-order valence-corrected chi connectivity index (χ0v) is 12.1. The first-order valence-corrected chi connectivity index (χ1v) is 6.79. The van der Waals surface area contributed by atoms with Crippen molar-refractivity contribution in [2.75, 3.05) is 23.7 Å². The van der Waals surface area contributed by atoms with Gasteiger partial charge in [0.05, 0.1) is 0 Å². The predicted molar refractivity (Wildman–Crippen MR) is 76.8 cm³/mol. The van der Waals surface area contributed by atoms with E-state index in [9.17, 15) is 0 Å². The average molecular weight is 276 g/mol. The second-order valence-corrected chi connectivity index (χ2v) is 4.56. The molecule has 7 heteroatoms. The molecule has 0 fully saturated rings. The Hall–Kier alpha value is -2.18. The van der Waals surface area contributed by atoms with Crippen molar-refractivity contribution in [1.82, 2.24) is 20.1 Å². The van der Waals surface area contributed by atoms with E-state index in [-0.39, 0.29) is 0 Å². The van der Waals surface area contributed by atoms with E-state index in [4.69, 9.17) is 4.52 Å². The van der Waals surface area contributed by atoms with Gasteiger partial charge >= 0.3 is 0 Å². The van der Waals surface area contributed by atoms with Gasteiger partial charge < -0.3 is 15.2 Å².